The Balaban J connectivity index is 2.23. The second-order valence-electron chi connectivity index (χ2n) is 4.70. The summed E-state index contributed by atoms with van der Waals surface area (Å²) in [6, 6.07) is 11.5. The Labute approximate surface area is 126 Å². The number of fused-ring (bicyclic) bond motifs is 1. The Kier molecular flexibility index (Phi) is 3.47. The van der Waals surface area contributed by atoms with Crippen LogP contribution in [0.3, 0.4) is 0 Å². The Morgan fingerprint density at radius 3 is 2.55 bits per heavy atom. The van der Waals surface area contributed by atoms with Gasteiger partial charge in [-0.15, -0.1) is 0 Å². The summed E-state index contributed by atoms with van der Waals surface area (Å²) in [6.45, 7) is 0. The zero-order valence-electron chi connectivity index (χ0n) is 12.1. The summed E-state index contributed by atoms with van der Waals surface area (Å²) in [5, 5.41) is 10.5. The molecule has 0 bridgehead atoms. The van der Waals surface area contributed by atoms with E-state index in [4.69, 9.17) is 13.9 Å². The van der Waals surface area contributed by atoms with Gasteiger partial charge in [-0.3, -0.25) is 4.79 Å². The minimum atomic E-state index is -0.147. The van der Waals surface area contributed by atoms with Gasteiger partial charge in [-0.25, -0.2) is 0 Å². The van der Waals surface area contributed by atoms with Crippen molar-refractivity contribution in [1.82, 2.24) is 0 Å². The lowest BCUT2D eigenvalue weighted by molar-refractivity contribution is 0.333. The molecule has 0 aliphatic carbocycles. The van der Waals surface area contributed by atoms with Crippen molar-refractivity contribution in [3.8, 4) is 28.6 Å². The molecule has 1 aromatic heterocycles. The maximum atomic E-state index is 12.2. The van der Waals surface area contributed by atoms with Gasteiger partial charge < -0.3 is 19.0 Å². The molecule has 0 saturated carbocycles. The highest BCUT2D eigenvalue weighted by Gasteiger charge is 2.15. The molecule has 0 radical (unpaired) electrons. The Bertz CT molecular complexity index is 895. The molecule has 112 valence electrons. The minimum absolute atomic E-state index is 0.0901. The van der Waals surface area contributed by atoms with Crippen molar-refractivity contribution in [3.05, 3.63) is 52.7 Å². The fraction of sp³-hybridized carbons (Fsp3) is 0.118. The van der Waals surface area contributed by atoms with Gasteiger partial charge in [0, 0.05) is 11.6 Å². The van der Waals surface area contributed by atoms with Crippen molar-refractivity contribution < 1.29 is 19.0 Å². The largest absolute Gasteiger partial charge is 0.504 e. The number of hydrogen-bond acceptors (Lipinski definition) is 5. The van der Waals surface area contributed by atoms with Crippen molar-refractivity contribution in [2.45, 2.75) is 0 Å². The molecule has 0 atom stereocenters. The van der Waals surface area contributed by atoms with Crippen LogP contribution in [-0.2, 0) is 0 Å². The van der Waals surface area contributed by atoms with E-state index < -0.39 is 0 Å². The van der Waals surface area contributed by atoms with Crippen LogP contribution in [-0.4, -0.2) is 19.3 Å². The van der Waals surface area contributed by atoms with Crippen molar-refractivity contribution >= 4 is 11.0 Å². The fourth-order valence-corrected chi connectivity index (χ4v) is 2.33. The van der Waals surface area contributed by atoms with Gasteiger partial charge in [-0.2, -0.15) is 0 Å². The van der Waals surface area contributed by atoms with Crippen LogP contribution in [0.5, 0.6) is 17.2 Å². The highest BCUT2D eigenvalue weighted by Crippen LogP contribution is 2.40. The van der Waals surface area contributed by atoms with Crippen LogP contribution < -0.4 is 14.9 Å². The normalized spacial score (nSPS) is 10.6. The Morgan fingerprint density at radius 1 is 1.05 bits per heavy atom. The van der Waals surface area contributed by atoms with E-state index in [0.717, 1.165) is 0 Å². The molecule has 5 heteroatoms. The second-order valence-corrected chi connectivity index (χ2v) is 4.70. The summed E-state index contributed by atoms with van der Waals surface area (Å²) in [4.78, 5) is 12.2. The summed E-state index contributed by atoms with van der Waals surface area (Å²) < 4.78 is 16.0. The Hall–Kier alpha value is -2.95. The zero-order chi connectivity index (χ0) is 15.7. The molecule has 2 aromatic carbocycles. The minimum Gasteiger partial charge on any atom is -0.504 e. The standard InChI is InChI=1S/C17H14O5/c1-20-16-8-10(7-13(19)17(16)21-2)15-9-12(18)11-5-3-4-6-14(11)22-15/h3-9,19H,1-2H3. The third-order valence-corrected chi connectivity index (χ3v) is 3.38. The van der Waals surface area contributed by atoms with E-state index in [-0.39, 0.29) is 16.9 Å². The van der Waals surface area contributed by atoms with E-state index >= 15 is 0 Å². The first-order valence-corrected chi connectivity index (χ1v) is 6.62. The van der Waals surface area contributed by atoms with Gasteiger partial charge in [0.2, 0.25) is 5.75 Å². The average molecular weight is 298 g/mol. The van der Waals surface area contributed by atoms with Gasteiger partial charge in [0.1, 0.15) is 11.3 Å². The summed E-state index contributed by atoms with van der Waals surface area (Å²) in [5.41, 5.74) is 0.864. The average Bonchev–Trinajstić information content (AvgIpc) is 2.54. The lowest BCUT2D eigenvalue weighted by Crippen LogP contribution is -2.00. The number of phenols is 1. The summed E-state index contributed by atoms with van der Waals surface area (Å²) >= 11 is 0. The molecule has 1 heterocycles. The van der Waals surface area contributed by atoms with E-state index in [1.807, 2.05) is 0 Å². The molecule has 5 nitrogen and oxygen atoms in total. The van der Waals surface area contributed by atoms with Crippen LogP contribution in [0.1, 0.15) is 0 Å². The molecule has 0 aliphatic rings. The van der Waals surface area contributed by atoms with E-state index in [2.05, 4.69) is 0 Å². The van der Waals surface area contributed by atoms with Gasteiger partial charge in [0.25, 0.3) is 0 Å². The molecule has 0 aliphatic heterocycles. The molecule has 22 heavy (non-hydrogen) atoms. The molecular formula is C17H14O5. The van der Waals surface area contributed by atoms with Gasteiger partial charge >= 0.3 is 0 Å². The highest BCUT2D eigenvalue weighted by atomic mass is 16.5. The van der Waals surface area contributed by atoms with Crippen LogP contribution in [0.15, 0.2) is 51.7 Å². The number of rotatable bonds is 3. The van der Waals surface area contributed by atoms with Crippen molar-refractivity contribution in [3.63, 3.8) is 0 Å². The summed E-state index contributed by atoms with van der Waals surface area (Å²) in [7, 11) is 2.91. The molecule has 1 N–H and O–H groups in total. The van der Waals surface area contributed by atoms with Gasteiger partial charge in [-0.1, -0.05) is 12.1 Å². The first-order chi connectivity index (χ1) is 10.6. The number of ether oxygens (including phenoxy) is 2. The van der Waals surface area contributed by atoms with Crippen molar-refractivity contribution in [1.29, 1.82) is 0 Å². The molecule has 0 spiro atoms. The van der Waals surface area contributed by atoms with Crippen LogP contribution in [0, 0.1) is 0 Å². The number of aromatic hydroxyl groups is 1. The monoisotopic (exact) mass is 298 g/mol. The van der Waals surface area contributed by atoms with E-state index in [1.165, 1.54) is 26.4 Å². The number of para-hydroxylation sites is 1. The fourth-order valence-electron chi connectivity index (χ4n) is 2.33. The summed E-state index contributed by atoms with van der Waals surface area (Å²) in [5.74, 6) is 0.843. The number of benzene rings is 2. The predicted molar refractivity (Wildman–Crippen MR) is 82.7 cm³/mol. The molecule has 3 rings (SSSR count). The first-order valence-electron chi connectivity index (χ1n) is 6.62. The topological polar surface area (TPSA) is 68.9 Å². The first kappa shape index (κ1) is 14.0. The van der Waals surface area contributed by atoms with Gasteiger partial charge in [-0.05, 0) is 24.3 Å². The molecule has 0 unspecified atom stereocenters. The zero-order valence-corrected chi connectivity index (χ0v) is 12.1. The van der Waals surface area contributed by atoms with Crippen molar-refractivity contribution in [2.24, 2.45) is 0 Å². The third-order valence-electron chi connectivity index (χ3n) is 3.38. The maximum Gasteiger partial charge on any atom is 0.203 e. The molecule has 3 aromatic rings. The Morgan fingerprint density at radius 2 is 1.82 bits per heavy atom. The second kappa shape index (κ2) is 5.44. The van der Waals surface area contributed by atoms with Gasteiger partial charge in [0.15, 0.2) is 16.9 Å². The molecule has 0 saturated heterocycles. The quantitative estimate of drug-likeness (QED) is 0.804. The lowest BCUT2D eigenvalue weighted by atomic mass is 10.1. The maximum absolute atomic E-state index is 12.2. The van der Waals surface area contributed by atoms with E-state index in [1.54, 1.807) is 30.3 Å². The van der Waals surface area contributed by atoms with E-state index in [0.29, 0.717) is 28.0 Å². The smallest absolute Gasteiger partial charge is 0.203 e. The predicted octanol–water partition coefficient (Wildman–Crippen LogP) is 3.18. The molecule has 0 fully saturated rings. The van der Waals surface area contributed by atoms with Crippen LogP contribution >= 0.6 is 0 Å². The number of hydrogen-bond donors (Lipinski definition) is 1. The lowest BCUT2D eigenvalue weighted by Gasteiger charge is -2.11. The number of phenolic OH excluding ortho intramolecular Hbond substituents is 1. The van der Waals surface area contributed by atoms with Crippen LogP contribution in [0.2, 0.25) is 0 Å². The number of methoxy groups -OCH3 is 2. The molecule has 0 amide bonds. The SMILES string of the molecule is COc1cc(-c2cc(=O)c3ccccc3o2)cc(O)c1OC. The highest BCUT2D eigenvalue weighted by molar-refractivity contribution is 5.79. The van der Waals surface area contributed by atoms with Crippen LogP contribution in [0.4, 0.5) is 0 Å². The van der Waals surface area contributed by atoms with Gasteiger partial charge in [0.05, 0.1) is 19.6 Å². The van der Waals surface area contributed by atoms with E-state index in [9.17, 15) is 9.90 Å². The third kappa shape index (κ3) is 2.26. The summed E-state index contributed by atoms with van der Waals surface area (Å²) in [6.07, 6.45) is 0. The van der Waals surface area contributed by atoms with Crippen molar-refractivity contribution in [2.75, 3.05) is 14.2 Å². The molecular weight excluding hydrogens is 284 g/mol. The van der Waals surface area contributed by atoms with Crippen LogP contribution in [0.25, 0.3) is 22.3 Å².